The normalized spacial score (nSPS) is 46.3. The van der Waals surface area contributed by atoms with Gasteiger partial charge in [-0.3, -0.25) is 9.59 Å². The number of aliphatic hydroxyl groups is 2. The molecule has 7 heteroatoms. The minimum Gasteiger partial charge on any atom is -0.462 e. The van der Waals surface area contributed by atoms with Gasteiger partial charge in [-0.2, -0.15) is 0 Å². The molecule has 244 valence electrons. The molecule has 3 aliphatic heterocycles. The lowest BCUT2D eigenvalue weighted by molar-refractivity contribution is -0.197. The number of esters is 1. The molecule has 3 heterocycles. The summed E-state index contributed by atoms with van der Waals surface area (Å²) in [5, 5.41) is 23.2. The van der Waals surface area contributed by atoms with Crippen LogP contribution in [-0.2, 0) is 23.8 Å². The van der Waals surface area contributed by atoms with E-state index in [2.05, 4.69) is 39.8 Å². The molecule has 2 bridgehead atoms. The van der Waals surface area contributed by atoms with E-state index in [-0.39, 0.29) is 53.9 Å². The van der Waals surface area contributed by atoms with E-state index in [0.29, 0.717) is 36.3 Å². The molecule has 2 N–H and O–H groups in total. The summed E-state index contributed by atoms with van der Waals surface area (Å²) in [6, 6.07) is 0. The number of ketones is 1. The van der Waals surface area contributed by atoms with Gasteiger partial charge in [0.05, 0.1) is 18.3 Å². The summed E-state index contributed by atoms with van der Waals surface area (Å²) in [5.41, 5.74) is 0.262. The Balaban J connectivity index is 1.56. The quantitative estimate of drug-likeness (QED) is 0.297. The van der Waals surface area contributed by atoms with Crippen LogP contribution in [0.4, 0.5) is 0 Å². The van der Waals surface area contributed by atoms with Crippen molar-refractivity contribution in [2.75, 3.05) is 6.61 Å². The van der Waals surface area contributed by atoms with Crippen LogP contribution in [0.1, 0.15) is 93.4 Å². The Morgan fingerprint density at radius 3 is 2.59 bits per heavy atom. The molecular formula is C37H54O7. The number of carbonyl (C=O) groups excluding carboxylic acids is 2. The second kappa shape index (κ2) is 13.0. The van der Waals surface area contributed by atoms with Gasteiger partial charge in [-0.25, -0.2) is 0 Å². The van der Waals surface area contributed by atoms with E-state index < -0.39 is 29.7 Å². The molecule has 0 unspecified atom stereocenters. The Morgan fingerprint density at radius 1 is 1.14 bits per heavy atom. The maximum absolute atomic E-state index is 14.0. The van der Waals surface area contributed by atoms with Gasteiger partial charge in [0.15, 0.2) is 0 Å². The summed E-state index contributed by atoms with van der Waals surface area (Å²) in [5.74, 6) is -0.410. The molecule has 1 saturated carbocycles. The highest BCUT2D eigenvalue weighted by molar-refractivity contribution is 5.81. The van der Waals surface area contributed by atoms with Crippen molar-refractivity contribution in [2.24, 2.45) is 35.5 Å². The predicted octanol–water partition coefficient (Wildman–Crippen LogP) is 6.04. The third-order valence-corrected chi connectivity index (χ3v) is 11.5. The van der Waals surface area contributed by atoms with Gasteiger partial charge in [0.25, 0.3) is 0 Å². The van der Waals surface area contributed by atoms with Crippen LogP contribution < -0.4 is 0 Å². The van der Waals surface area contributed by atoms with Crippen molar-refractivity contribution in [3.05, 3.63) is 47.1 Å². The van der Waals surface area contributed by atoms with Crippen molar-refractivity contribution in [1.82, 2.24) is 0 Å². The number of allylic oxidation sites excluding steroid dienone is 5. The fraction of sp³-hybridized carbons (Fsp3) is 0.730. The number of aliphatic hydroxyl groups excluding tert-OH is 1. The van der Waals surface area contributed by atoms with Crippen LogP contribution in [0, 0.1) is 35.5 Å². The van der Waals surface area contributed by atoms with Crippen LogP contribution in [0.25, 0.3) is 0 Å². The largest absolute Gasteiger partial charge is 0.462 e. The lowest BCUT2D eigenvalue weighted by Gasteiger charge is -2.49. The van der Waals surface area contributed by atoms with Crippen LogP contribution in [0.5, 0.6) is 0 Å². The molecule has 0 aromatic heterocycles. The summed E-state index contributed by atoms with van der Waals surface area (Å²) in [6.45, 7) is 14.4. The van der Waals surface area contributed by atoms with Gasteiger partial charge >= 0.3 is 5.97 Å². The molecule has 3 fully saturated rings. The second-order valence-corrected chi connectivity index (χ2v) is 15.0. The monoisotopic (exact) mass is 610 g/mol. The van der Waals surface area contributed by atoms with Gasteiger partial charge in [0.1, 0.15) is 35.6 Å². The van der Waals surface area contributed by atoms with E-state index in [1.807, 2.05) is 26.0 Å². The van der Waals surface area contributed by atoms with Crippen molar-refractivity contribution >= 4 is 11.8 Å². The van der Waals surface area contributed by atoms with Crippen LogP contribution in [0.15, 0.2) is 47.1 Å². The van der Waals surface area contributed by atoms with Gasteiger partial charge < -0.3 is 24.4 Å². The minimum atomic E-state index is -1.72. The number of ether oxygens (including phenoxy) is 3. The first-order valence-electron chi connectivity index (χ1n) is 16.9. The first-order chi connectivity index (χ1) is 20.7. The van der Waals surface area contributed by atoms with E-state index in [0.717, 1.165) is 25.7 Å². The van der Waals surface area contributed by atoms with E-state index in [1.54, 1.807) is 13.0 Å². The SMILES string of the molecule is CC1=C[C@H]2C(=O)O[C@H]3C[C@@H](C/C=C(\C)[C@H](CC(=O)C(C)C)[C@@H](C)/C=C/C=C4\CO[C@H]([C@@H]1O)[C@@]42O)C[C@@]1(CC[C@H](C)[C@@H](C)O1)C3. The standard InChI is InChI=1S/C37H54O7/c1-21(2)32(38)17-30-23(4)9-8-10-28-20-42-34-33(39)25(6)15-31(37(28,34)41)35(40)43-29-16-27(12-11-24(30)5)18-36(19-29)14-13-22(3)26(7)44-36/h8-11,15,21-23,26-27,29-31,33-34,39,41H,12-14,16-20H2,1-7H3/b9-8+,24-11+,28-10+/t22-,23-,26+,27+,29-,30+,31-,33+,34+,36-,37+/m0/s1. The zero-order valence-electron chi connectivity index (χ0n) is 27.8. The Hall–Kier alpha value is -2.06. The van der Waals surface area contributed by atoms with Crippen molar-refractivity contribution in [1.29, 1.82) is 0 Å². The van der Waals surface area contributed by atoms with E-state index >= 15 is 0 Å². The van der Waals surface area contributed by atoms with Crippen molar-refractivity contribution in [2.45, 2.75) is 129 Å². The average Bonchev–Trinajstić information content (AvgIpc) is 3.30. The molecule has 1 spiro atoms. The van der Waals surface area contributed by atoms with Gasteiger partial charge in [-0.05, 0) is 87.7 Å². The highest BCUT2D eigenvalue weighted by atomic mass is 16.6. The highest BCUT2D eigenvalue weighted by Gasteiger charge is 2.60. The zero-order valence-corrected chi connectivity index (χ0v) is 27.8. The fourth-order valence-electron chi connectivity index (χ4n) is 8.33. The molecule has 0 amide bonds. The maximum atomic E-state index is 14.0. The summed E-state index contributed by atoms with van der Waals surface area (Å²) in [4.78, 5) is 27.0. The van der Waals surface area contributed by atoms with Crippen molar-refractivity contribution in [3.8, 4) is 0 Å². The third-order valence-electron chi connectivity index (χ3n) is 11.5. The molecule has 0 radical (unpaired) electrons. The number of rotatable bonds is 3. The molecule has 2 aliphatic carbocycles. The third kappa shape index (κ3) is 6.44. The Kier molecular flexibility index (Phi) is 9.82. The molecule has 5 aliphatic rings. The summed E-state index contributed by atoms with van der Waals surface area (Å²) < 4.78 is 19.0. The van der Waals surface area contributed by atoms with Gasteiger partial charge in [-0.1, -0.05) is 63.6 Å². The summed E-state index contributed by atoms with van der Waals surface area (Å²) in [6.07, 6.45) is 13.1. The first-order valence-corrected chi connectivity index (χ1v) is 16.9. The van der Waals surface area contributed by atoms with Crippen molar-refractivity contribution < 1.29 is 34.0 Å². The van der Waals surface area contributed by atoms with Gasteiger partial charge in [0, 0.05) is 18.8 Å². The van der Waals surface area contributed by atoms with Crippen LogP contribution >= 0.6 is 0 Å². The highest BCUT2D eigenvalue weighted by Crippen LogP contribution is 2.49. The average molecular weight is 611 g/mol. The molecule has 0 aromatic carbocycles. The zero-order chi connectivity index (χ0) is 32.0. The Bertz CT molecular complexity index is 1230. The lowest BCUT2D eigenvalue weighted by atomic mass is 9.69. The minimum absolute atomic E-state index is 0.0315. The number of fused-ring (bicyclic) bond motifs is 2. The predicted molar refractivity (Wildman–Crippen MR) is 170 cm³/mol. The summed E-state index contributed by atoms with van der Waals surface area (Å²) >= 11 is 0. The molecular weight excluding hydrogens is 556 g/mol. The summed E-state index contributed by atoms with van der Waals surface area (Å²) in [7, 11) is 0. The topological polar surface area (TPSA) is 102 Å². The second-order valence-electron chi connectivity index (χ2n) is 15.0. The smallest absolute Gasteiger partial charge is 0.316 e. The molecule has 11 atom stereocenters. The van der Waals surface area contributed by atoms with Gasteiger partial charge in [0.2, 0.25) is 0 Å². The van der Waals surface area contributed by atoms with Crippen molar-refractivity contribution in [3.63, 3.8) is 0 Å². The Morgan fingerprint density at radius 2 is 1.89 bits per heavy atom. The number of carbonyl (C=O) groups is 2. The fourth-order valence-corrected chi connectivity index (χ4v) is 8.33. The molecule has 0 aromatic rings. The van der Waals surface area contributed by atoms with Gasteiger partial charge in [-0.15, -0.1) is 0 Å². The van der Waals surface area contributed by atoms with Crippen LogP contribution in [-0.4, -0.2) is 64.2 Å². The van der Waals surface area contributed by atoms with E-state index in [1.165, 1.54) is 5.57 Å². The Labute approximate surface area is 263 Å². The number of hydrogen-bond donors (Lipinski definition) is 2. The van der Waals surface area contributed by atoms with Crippen LogP contribution in [0.3, 0.4) is 0 Å². The van der Waals surface area contributed by atoms with E-state index in [9.17, 15) is 19.8 Å². The number of hydrogen-bond acceptors (Lipinski definition) is 7. The van der Waals surface area contributed by atoms with Crippen LogP contribution in [0.2, 0.25) is 0 Å². The lowest BCUT2D eigenvalue weighted by Crippen LogP contribution is -2.58. The van der Waals surface area contributed by atoms with E-state index in [4.69, 9.17) is 14.2 Å². The molecule has 5 rings (SSSR count). The molecule has 44 heavy (non-hydrogen) atoms. The first kappa shape index (κ1) is 33.3. The number of Topliss-reactive ketones (excluding diaryl/α,β-unsaturated/α-hetero) is 1. The maximum Gasteiger partial charge on any atom is 0.316 e. The molecule has 7 nitrogen and oxygen atoms in total. The molecule has 2 saturated heterocycles.